The smallest absolute Gasteiger partial charge is 0.240 e. The Morgan fingerprint density at radius 3 is 3.11 bits per heavy atom. The van der Waals surface area contributed by atoms with Crippen molar-refractivity contribution in [3.8, 4) is 0 Å². The van der Waals surface area contributed by atoms with Gasteiger partial charge < -0.3 is 10.2 Å². The highest BCUT2D eigenvalue weighted by molar-refractivity contribution is 7.99. The first kappa shape index (κ1) is 13.9. The summed E-state index contributed by atoms with van der Waals surface area (Å²) in [6.07, 6.45) is 0.944. The van der Waals surface area contributed by atoms with E-state index in [9.17, 15) is 4.79 Å². The maximum Gasteiger partial charge on any atom is 0.240 e. The fraction of sp³-hybridized carbons (Fsp3) is 0.615. The number of carbonyl (C=O) groups excluding carboxylic acids is 1. The molecule has 5 heteroatoms. The van der Waals surface area contributed by atoms with Gasteiger partial charge in [0, 0.05) is 42.4 Å². The average molecular weight is 284 g/mol. The number of hydrogen-bond acceptors (Lipinski definition) is 4. The number of thioether (sulfide) groups is 1. The van der Waals surface area contributed by atoms with Crippen LogP contribution in [-0.2, 0) is 11.2 Å². The van der Waals surface area contributed by atoms with Crippen LogP contribution in [0.3, 0.4) is 0 Å². The molecule has 100 valence electrons. The van der Waals surface area contributed by atoms with E-state index >= 15 is 0 Å². The number of nitrogens with zero attached hydrogens (tertiary/aromatic N) is 1. The summed E-state index contributed by atoms with van der Waals surface area (Å²) in [5.41, 5.74) is 0. The van der Waals surface area contributed by atoms with Gasteiger partial charge in [0.25, 0.3) is 0 Å². The molecule has 3 nitrogen and oxygen atoms in total. The van der Waals surface area contributed by atoms with Gasteiger partial charge in [0.2, 0.25) is 5.91 Å². The fourth-order valence-corrected chi connectivity index (χ4v) is 3.80. The quantitative estimate of drug-likeness (QED) is 0.916. The van der Waals surface area contributed by atoms with E-state index in [1.807, 2.05) is 23.7 Å². The second-order valence-corrected chi connectivity index (χ2v) is 6.85. The monoisotopic (exact) mass is 284 g/mol. The van der Waals surface area contributed by atoms with Crippen molar-refractivity contribution in [3.05, 3.63) is 22.4 Å². The standard InChI is InChI=1S/C13H20N2OS2/c1-10(8-11-4-3-6-18-11)15(2)13(16)12-9-17-7-5-14-12/h3-4,6,10,12,14H,5,7-9H2,1-2H3. The number of carbonyl (C=O) groups is 1. The molecular formula is C13H20N2OS2. The van der Waals surface area contributed by atoms with Gasteiger partial charge in [0.05, 0.1) is 6.04 Å². The maximum atomic E-state index is 12.3. The van der Waals surface area contributed by atoms with Crippen LogP contribution in [0, 0.1) is 0 Å². The summed E-state index contributed by atoms with van der Waals surface area (Å²) in [6.45, 7) is 3.06. The molecule has 0 radical (unpaired) electrons. The molecule has 0 aliphatic carbocycles. The zero-order valence-corrected chi connectivity index (χ0v) is 12.5. The molecule has 2 unspecified atom stereocenters. The molecule has 18 heavy (non-hydrogen) atoms. The first-order chi connectivity index (χ1) is 8.68. The minimum absolute atomic E-state index is 0.000430. The molecular weight excluding hydrogens is 264 g/mol. The van der Waals surface area contributed by atoms with E-state index in [1.165, 1.54) is 4.88 Å². The molecule has 0 saturated carbocycles. The van der Waals surface area contributed by atoms with E-state index in [-0.39, 0.29) is 18.0 Å². The predicted octanol–water partition coefficient (Wildman–Crippen LogP) is 1.84. The van der Waals surface area contributed by atoms with Gasteiger partial charge in [-0.2, -0.15) is 11.8 Å². The largest absolute Gasteiger partial charge is 0.341 e. The number of rotatable bonds is 4. The molecule has 2 rings (SSSR count). The topological polar surface area (TPSA) is 32.3 Å². The average Bonchev–Trinajstić information content (AvgIpc) is 2.91. The van der Waals surface area contributed by atoms with Crippen molar-refractivity contribution in [1.82, 2.24) is 10.2 Å². The molecule has 1 fully saturated rings. The van der Waals surface area contributed by atoms with Crippen molar-refractivity contribution in [2.75, 3.05) is 25.1 Å². The Hall–Kier alpha value is -0.520. The molecule has 1 N–H and O–H groups in total. The minimum atomic E-state index is -0.000430. The molecule has 1 aromatic rings. The normalized spacial score (nSPS) is 21.6. The van der Waals surface area contributed by atoms with Crippen molar-refractivity contribution in [2.45, 2.75) is 25.4 Å². The van der Waals surface area contributed by atoms with E-state index in [4.69, 9.17) is 0 Å². The van der Waals surface area contributed by atoms with Crippen LogP contribution < -0.4 is 5.32 Å². The zero-order valence-electron chi connectivity index (χ0n) is 10.9. The number of hydrogen-bond donors (Lipinski definition) is 1. The Bertz CT molecular complexity index is 374. The lowest BCUT2D eigenvalue weighted by atomic mass is 10.1. The van der Waals surface area contributed by atoms with E-state index in [1.54, 1.807) is 11.3 Å². The highest BCUT2D eigenvalue weighted by atomic mass is 32.2. The van der Waals surface area contributed by atoms with Crippen molar-refractivity contribution in [3.63, 3.8) is 0 Å². The lowest BCUT2D eigenvalue weighted by Crippen LogP contribution is -2.51. The Kier molecular flexibility index (Phi) is 5.09. The van der Waals surface area contributed by atoms with E-state index in [2.05, 4.69) is 29.8 Å². The van der Waals surface area contributed by atoms with Gasteiger partial charge in [-0.05, 0) is 18.4 Å². The van der Waals surface area contributed by atoms with Crippen LogP contribution in [0.25, 0.3) is 0 Å². The van der Waals surface area contributed by atoms with E-state index in [0.717, 1.165) is 24.5 Å². The zero-order chi connectivity index (χ0) is 13.0. The Morgan fingerprint density at radius 2 is 2.50 bits per heavy atom. The lowest BCUT2D eigenvalue weighted by Gasteiger charge is -2.31. The summed E-state index contributed by atoms with van der Waals surface area (Å²) < 4.78 is 0. The third-order valence-electron chi connectivity index (χ3n) is 3.31. The van der Waals surface area contributed by atoms with Crippen LogP contribution >= 0.6 is 23.1 Å². The summed E-state index contributed by atoms with van der Waals surface area (Å²) in [6, 6.07) is 4.45. The first-order valence-electron chi connectivity index (χ1n) is 6.28. The van der Waals surface area contributed by atoms with Crippen molar-refractivity contribution < 1.29 is 4.79 Å². The number of amides is 1. The SMILES string of the molecule is CC(Cc1cccs1)N(C)C(=O)C1CSCCN1. The van der Waals surface area contributed by atoms with Crippen LogP contribution in [0.2, 0.25) is 0 Å². The van der Waals surface area contributed by atoms with Crippen molar-refractivity contribution in [1.29, 1.82) is 0 Å². The van der Waals surface area contributed by atoms with Gasteiger partial charge in [0.15, 0.2) is 0 Å². The molecule has 1 amide bonds. The van der Waals surface area contributed by atoms with Crippen LogP contribution in [0.5, 0.6) is 0 Å². The molecule has 1 aliphatic rings. The number of likely N-dealkylation sites (N-methyl/N-ethyl adjacent to an activating group) is 1. The summed E-state index contributed by atoms with van der Waals surface area (Å²) in [7, 11) is 1.92. The van der Waals surface area contributed by atoms with Gasteiger partial charge in [0.1, 0.15) is 0 Å². The van der Waals surface area contributed by atoms with Crippen molar-refractivity contribution >= 4 is 29.0 Å². The molecule has 1 aromatic heterocycles. The molecule has 1 saturated heterocycles. The Balaban J connectivity index is 1.88. The number of nitrogens with one attached hydrogen (secondary N) is 1. The van der Waals surface area contributed by atoms with Gasteiger partial charge in [-0.15, -0.1) is 11.3 Å². The van der Waals surface area contributed by atoms with Gasteiger partial charge in [-0.1, -0.05) is 6.07 Å². The van der Waals surface area contributed by atoms with Crippen LogP contribution in [0.15, 0.2) is 17.5 Å². The van der Waals surface area contributed by atoms with Crippen molar-refractivity contribution in [2.24, 2.45) is 0 Å². The van der Waals surface area contributed by atoms with E-state index < -0.39 is 0 Å². The highest BCUT2D eigenvalue weighted by Gasteiger charge is 2.26. The maximum absolute atomic E-state index is 12.3. The Labute approximate surface area is 117 Å². The molecule has 0 bridgehead atoms. The minimum Gasteiger partial charge on any atom is -0.341 e. The second kappa shape index (κ2) is 6.59. The third kappa shape index (κ3) is 3.49. The molecule has 2 atom stereocenters. The van der Waals surface area contributed by atoms with Crippen LogP contribution in [0.4, 0.5) is 0 Å². The highest BCUT2D eigenvalue weighted by Crippen LogP contribution is 2.15. The Morgan fingerprint density at radius 1 is 1.67 bits per heavy atom. The van der Waals surface area contributed by atoms with Crippen LogP contribution in [-0.4, -0.2) is 48.0 Å². The summed E-state index contributed by atoms with van der Waals surface area (Å²) >= 11 is 3.62. The summed E-state index contributed by atoms with van der Waals surface area (Å²) in [5, 5.41) is 5.39. The van der Waals surface area contributed by atoms with Gasteiger partial charge in [-0.25, -0.2) is 0 Å². The number of thiophene rings is 1. The molecule has 2 heterocycles. The molecule has 0 spiro atoms. The molecule has 1 aliphatic heterocycles. The van der Waals surface area contributed by atoms with Gasteiger partial charge >= 0.3 is 0 Å². The predicted molar refractivity (Wildman–Crippen MR) is 79.4 cm³/mol. The summed E-state index contributed by atoms with van der Waals surface area (Å²) in [4.78, 5) is 15.6. The second-order valence-electron chi connectivity index (χ2n) is 4.66. The lowest BCUT2D eigenvalue weighted by molar-refractivity contribution is -0.133. The first-order valence-corrected chi connectivity index (χ1v) is 8.32. The summed E-state index contributed by atoms with van der Waals surface area (Å²) in [5.74, 6) is 2.24. The fourth-order valence-electron chi connectivity index (χ4n) is 2.04. The van der Waals surface area contributed by atoms with Gasteiger partial charge in [-0.3, -0.25) is 4.79 Å². The van der Waals surface area contributed by atoms with Crippen LogP contribution in [0.1, 0.15) is 11.8 Å². The molecule has 0 aromatic carbocycles. The third-order valence-corrected chi connectivity index (χ3v) is 5.27. The van der Waals surface area contributed by atoms with E-state index in [0.29, 0.717) is 0 Å².